The van der Waals surface area contributed by atoms with Crippen molar-refractivity contribution in [3.8, 4) is 5.75 Å². The Morgan fingerprint density at radius 1 is 1.09 bits per heavy atom. The van der Waals surface area contributed by atoms with Gasteiger partial charge in [-0.1, -0.05) is 40.2 Å². The van der Waals surface area contributed by atoms with E-state index in [9.17, 15) is 9.59 Å². The van der Waals surface area contributed by atoms with Crippen LogP contribution in [-0.2, 0) is 16.0 Å². The first-order valence-electron chi connectivity index (χ1n) is 7.07. The van der Waals surface area contributed by atoms with Crippen molar-refractivity contribution in [2.45, 2.75) is 6.42 Å². The first kappa shape index (κ1) is 17.0. The largest absolute Gasteiger partial charge is 0.496 e. The number of hydrogen-bond donors (Lipinski definition) is 2. The fraction of sp³-hybridized carbons (Fsp3) is 0.176. The van der Waals surface area contributed by atoms with Crippen LogP contribution in [0.2, 0.25) is 0 Å². The summed E-state index contributed by atoms with van der Waals surface area (Å²) < 4.78 is 6.07. The van der Waals surface area contributed by atoms with Crippen LogP contribution in [0.4, 0.5) is 5.69 Å². The Hall–Kier alpha value is -2.34. The van der Waals surface area contributed by atoms with Gasteiger partial charge in [-0.2, -0.15) is 0 Å². The van der Waals surface area contributed by atoms with Crippen molar-refractivity contribution in [2.75, 3.05) is 19.0 Å². The van der Waals surface area contributed by atoms with Gasteiger partial charge >= 0.3 is 11.8 Å². The van der Waals surface area contributed by atoms with Gasteiger partial charge in [0, 0.05) is 16.7 Å². The topological polar surface area (TPSA) is 67.4 Å². The van der Waals surface area contributed by atoms with Crippen LogP contribution in [0.5, 0.6) is 5.75 Å². The van der Waals surface area contributed by atoms with Gasteiger partial charge in [0.1, 0.15) is 5.75 Å². The molecule has 0 fully saturated rings. The number of carbonyl (C=O) groups is 2. The van der Waals surface area contributed by atoms with Crippen LogP contribution >= 0.6 is 15.9 Å². The molecule has 0 aliphatic carbocycles. The second-order valence-corrected chi connectivity index (χ2v) is 5.70. The maximum absolute atomic E-state index is 11.8. The van der Waals surface area contributed by atoms with E-state index in [0.29, 0.717) is 18.7 Å². The molecule has 0 spiro atoms. The Kier molecular flexibility index (Phi) is 6.17. The van der Waals surface area contributed by atoms with Crippen molar-refractivity contribution in [1.29, 1.82) is 0 Å². The van der Waals surface area contributed by atoms with E-state index < -0.39 is 11.8 Å². The zero-order chi connectivity index (χ0) is 16.7. The smallest absolute Gasteiger partial charge is 0.313 e. The summed E-state index contributed by atoms with van der Waals surface area (Å²) >= 11 is 3.31. The third-order valence-corrected chi connectivity index (χ3v) is 3.65. The highest BCUT2D eigenvalue weighted by molar-refractivity contribution is 9.10. The summed E-state index contributed by atoms with van der Waals surface area (Å²) in [5, 5.41) is 5.15. The van der Waals surface area contributed by atoms with E-state index in [1.165, 1.54) is 0 Å². The Morgan fingerprint density at radius 3 is 2.61 bits per heavy atom. The van der Waals surface area contributed by atoms with Crippen LogP contribution in [0, 0.1) is 0 Å². The minimum absolute atomic E-state index is 0.352. The summed E-state index contributed by atoms with van der Waals surface area (Å²) in [4.78, 5) is 23.6. The van der Waals surface area contributed by atoms with E-state index in [1.807, 2.05) is 30.3 Å². The SMILES string of the molecule is COc1ccccc1CCNC(=O)C(=O)Nc1cccc(Br)c1. The van der Waals surface area contributed by atoms with Crippen LogP contribution < -0.4 is 15.4 Å². The molecule has 0 radical (unpaired) electrons. The van der Waals surface area contributed by atoms with Gasteiger partial charge in [0.05, 0.1) is 7.11 Å². The van der Waals surface area contributed by atoms with E-state index in [-0.39, 0.29) is 0 Å². The Bertz CT molecular complexity index is 704. The van der Waals surface area contributed by atoms with Crippen LogP contribution in [-0.4, -0.2) is 25.5 Å². The highest BCUT2D eigenvalue weighted by Gasteiger charge is 2.13. The number of ether oxygens (including phenoxy) is 1. The number of carbonyl (C=O) groups excluding carboxylic acids is 2. The Balaban J connectivity index is 1.83. The fourth-order valence-corrected chi connectivity index (χ4v) is 2.45. The zero-order valence-corrected chi connectivity index (χ0v) is 14.2. The number of rotatable bonds is 5. The molecule has 5 nitrogen and oxygen atoms in total. The lowest BCUT2D eigenvalue weighted by molar-refractivity contribution is -0.136. The van der Waals surface area contributed by atoms with Crippen molar-refractivity contribution >= 4 is 33.4 Å². The molecule has 2 N–H and O–H groups in total. The molecule has 0 bridgehead atoms. The van der Waals surface area contributed by atoms with Crippen molar-refractivity contribution in [3.63, 3.8) is 0 Å². The molecule has 120 valence electrons. The number of para-hydroxylation sites is 1. The molecule has 2 amide bonds. The molecule has 0 saturated carbocycles. The summed E-state index contributed by atoms with van der Waals surface area (Å²) in [6.07, 6.45) is 0.583. The van der Waals surface area contributed by atoms with Gasteiger partial charge in [-0.3, -0.25) is 9.59 Å². The summed E-state index contributed by atoms with van der Waals surface area (Å²) in [7, 11) is 1.60. The summed E-state index contributed by atoms with van der Waals surface area (Å²) in [6, 6.07) is 14.6. The van der Waals surface area contributed by atoms with Crippen molar-refractivity contribution in [3.05, 3.63) is 58.6 Å². The van der Waals surface area contributed by atoms with E-state index in [0.717, 1.165) is 15.8 Å². The predicted molar refractivity (Wildman–Crippen MR) is 92.5 cm³/mol. The lowest BCUT2D eigenvalue weighted by Crippen LogP contribution is -2.36. The third kappa shape index (κ3) is 5.10. The summed E-state index contributed by atoms with van der Waals surface area (Å²) in [5.74, 6) is -0.594. The van der Waals surface area contributed by atoms with Gasteiger partial charge in [-0.15, -0.1) is 0 Å². The second kappa shape index (κ2) is 8.33. The monoisotopic (exact) mass is 376 g/mol. The van der Waals surface area contributed by atoms with Crippen LogP contribution in [0.1, 0.15) is 5.56 Å². The molecule has 0 aliphatic heterocycles. The van der Waals surface area contributed by atoms with E-state index in [4.69, 9.17) is 4.74 Å². The molecular formula is C17H17BrN2O3. The highest BCUT2D eigenvalue weighted by atomic mass is 79.9. The number of benzene rings is 2. The van der Waals surface area contributed by atoms with Crippen LogP contribution in [0.25, 0.3) is 0 Å². The molecule has 0 saturated heterocycles. The molecule has 0 atom stereocenters. The van der Waals surface area contributed by atoms with Gasteiger partial charge in [-0.05, 0) is 36.2 Å². The number of methoxy groups -OCH3 is 1. The third-order valence-electron chi connectivity index (χ3n) is 3.16. The zero-order valence-electron chi connectivity index (χ0n) is 12.6. The van der Waals surface area contributed by atoms with E-state index >= 15 is 0 Å². The Morgan fingerprint density at radius 2 is 1.87 bits per heavy atom. The van der Waals surface area contributed by atoms with Gasteiger partial charge in [-0.25, -0.2) is 0 Å². The molecule has 0 aromatic heterocycles. The maximum Gasteiger partial charge on any atom is 0.313 e. The molecule has 0 aliphatic rings. The molecular weight excluding hydrogens is 360 g/mol. The van der Waals surface area contributed by atoms with Gasteiger partial charge in [0.15, 0.2) is 0 Å². The van der Waals surface area contributed by atoms with Crippen LogP contribution in [0.15, 0.2) is 53.0 Å². The molecule has 23 heavy (non-hydrogen) atoms. The first-order chi connectivity index (χ1) is 11.1. The second-order valence-electron chi connectivity index (χ2n) is 4.78. The highest BCUT2D eigenvalue weighted by Crippen LogP contribution is 2.17. The quantitative estimate of drug-likeness (QED) is 0.788. The van der Waals surface area contributed by atoms with Gasteiger partial charge < -0.3 is 15.4 Å². The number of halogens is 1. The minimum Gasteiger partial charge on any atom is -0.496 e. The molecule has 6 heteroatoms. The van der Waals surface area contributed by atoms with Crippen molar-refractivity contribution < 1.29 is 14.3 Å². The first-order valence-corrected chi connectivity index (χ1v) is 7.86. The number of hydrogen-bond acceptors (Lipinski definition) is 3. The van der Waals surface area contributed by atoms with Crippen molar-refractivity contribution in [1.82, 2.24) is 5.32 Å². The predicted octanol–water partition coefficient (Wildman–Crippen LogP) is 2.76. The molecule has 2 aromatic rings. The van der Waals surface area contributed by atoms with Gasteiger partial charge in [0.2, 0.25) is 0 Å². The standard InChI is InChI=1S/C17H17BrN2O3/c1-23-15-8-3-2-5-12(15)9-10-19-16(21)17(22)20-14-7-4-6-13(18)11-14/h2-8,11H,9-10H2,1H3,(H,19,21)(H,20,22). The molecule has 0 heterocycles. The molecule has 2 rings (SSSR count). The van der Waals surface area contributed by atoms with E-state index in [2.05, 4.69) is 26.6 Å². The summed E-state index contributed by atoms with van der Waals surface area (Å²) in [5.41, 5.74) is 1.53. The average molecular weight is 377 g/mol. The maximum atomic E-state index is 11.8. The minimum atomic E-state index is -0.692. The number of amides is 2. The lowest BCUT2D eigenvalue weighted by Gasteiger charge is -2.09. The van der Waals surface area contributed by atoms with Gasteiger partial charge in [0.25, 0.3) is 0 Å². The molecule has 2 aromatic carbocycles. The molecule has 0 unspecified atom stereocenters. The Labute approximate surface area is 143 Å². The average Bonchev–Trinajstić information content (AvgIpc) is 2.55. The number of anilines is 1. The van der Waals surface area contributed by atoms with Crippen LogP contribution in [0.3, 0.4) is 0 Å². The normalized spacial score (nSPS) is 10.0. The fourth-order valence-electron chi connectivity index (χ4n) is 2.05. The number of nitrogens with one attached hydrogen (secondary N) is 2. The summed E-state index contributed by atoms with van der Waals surface area (Å²) in [6.45, 7) is 0.352. The van der Waals surface area contributed by atoms with Crippen molar-refractivity contribution in [2.24, 2.45) is 0 Å². The lowest BCUT2D eigenvalue weighted by atomic mass is 10.1. The van der Waals surface area contributed by atoms with E-state index in [1.54, 1.807) is 25.3 Å².